The monoisotopic (exact) mass is 384 g/mol. The first-order valence-electron chi connectivity index (χ1n) is 7.79. The van der Waals surface area contributed by atoms with Crippen LogP contribution in [0.2, 0.25) is 0 Å². The van der Waals surface area contributed by atoms with Gasteiger partial charge in [0.2, 0.25) is 5.91 Å². The number of amides is 1. The molecule has 0 aliphatic carbocycles. The van der Waals surface area contributed by atoms with Crippen molar-refractivity contribution < 1.29 is 13.2 Å². The molecule has 0 spiro atoms. The largest absolute Gasteiger partial charge is 0.336 e. The van der Waals surface area contributed by atoms with Crippen molar-refractivity contribution in [2.24, 2.45) is 0 Å². The Hall–Kier alpha value is -1.12. The lowest BCUT2D eigenvalue weighted by molar-refractivity contribution is -0.128. The zero-order chi connectivity index (χ0) is 17.3. The average molecular weight is 385 g/mol. The van der Waals surface area contributed by atoms with Crippen LogP contribution in [0.25, 0.3) is 10.2 Å². The molecule has 0 radical (unpaired) electrons. The van der Waals surface area contributed by atoms with E-state index in [2.05, 4.69) is 4.98 Å². The van der Waals surface area contributed by atoms with Crippen molar-refractivity contribution in [2.45, 2.75) is 24.6 Å². The Balaban J connectivity index is 1.60. The number of rotatable bonds is 5. The number of benzene rings is 1. The van der Waals surface area contributed by atoms with Gasteiger partial charge in [-0.15, -0.1) is 23.1 Å². The molecule has 1 amide bonds. The molecule has 1 aromatic heterocycles. The summed E-state index contributed by atoms with van der Waals surface area (Å²) in [6.45, 7) is 1.97. The number of fused-ring (bicyclic) bond motifs is 1. The van der Waals surface area contributed by atoms with E-state index in [4.69, 9.17) is 0 Å². The van der Waals surface area contributed by atoms with Crippen molar-refractivity contribution >= 4 is 49.1 Å². The third-order valence-electron chi connectivity index (χ3n) is 4.28. The molecule has 2 heterocycles. The van der Waals surface area contributed by atoms with E-state index in [1.807, 2.05) is 31.2 Å². The van der Waals surface area contributed by atoms with Crippen LogP contribution in [0.3, 0.4) is 0 Å². The molecule has 8 heteroatoms. The fraction of sp³-hybridized carbons (Fsp3) is 0.500. The highest BCUT2D eigenvalue weighted by molar-refractivity contribution is 8.02. The summed E-state index contributed by atoms with van der Waals surface area (Å²) in [4.78, 5) is 18.7. The Morgan fingerprint density at radius 3 is 2.88 bits per heavy atom. The average Bonchev–Trinajstić information content (AvgIpc) is 3.13. The first-order valence-corrected chi connectivity index (χ1v) is 11.5. The maximum Gasteiger partial charge on any atom is 0.232 e. The van der Waals surface area contributed by atoms with Crippen LogP contribution in [0.4, 0.5) is 0 Å². The Morgan fingerprint density at radius 1 is 1.46 bits per heavy atom. The molecule has 1 saturated heterocycles. The van der Waals surface area contributed by atoms with Crippen molar-refractivity contribution in [3.05, 3.63) is 29.3 Å². The maximum atomic E-state index is 12.4. The molecule has 0 unspecified atom stereocenters. The van der Waals surface area contributed by atoms with Crippen molar-refractivity contribution in [1.82, 2.24) is 9.88 Å². The number of aromatic nitrogens is 1. The van der Waals surface area contributed by atoms with Gasteiger partial charge in [-0.05, 0) is 25.5 Å². The molecule has 0 N–H and O–H groups in total. The molecule has 2 atom stereocenters. The number of para-hydroxylation sites is 1. The lowest BCUT2D eigenvalue weighted by atomic mass is 10.3. The summed E-state index contributed by atoms with van der Waals surface area (Å²) in [6, 6.07) is 7.85. The topological polar surface area (TPSA) is 67.3 Å². The van der Waals surface area contributed by atoms with Gasteiger partial charge in [-0.1, -0.05) is 12.1 Å². The quantitative estimate of drug-likeness (QED) is 0.793. The zero-order valence-electron chi connectivity index (χ0n) is 13.6. The predicted molar refractivity (Wildman–Crippen MR) is 100 cm³/mol. The van der Waals surface area contributed by atoms with E-state index in [1.165, 1.54) is 11.8 Å². The molecule has 3 rings (SSSR count). The summed E-state index contributed by atoms with van der Waals surface area (Å²) >= 11 is 3.06. The molecular weight excluding hydrogens is 364 g/mol. The van der Waals surface area contributed by atoms with E-state index < -0.39 is 9.84 Å². The minimum Gasteiger partial charge on any atom is -0.336 e. The summed E-state index contributed by atoms with van der Waals surface area (Å²) < 4.78 is 24.1. The second-order valence-electron chi connectivity index (χ2n) is 6.04. The maximum absolute atomic E-state index is 12.4. The molecule has 5 nitrogen and oxygen atoms in total. The van der Waals surface area contributed by atoms with Gasteiger partial charge in [0.1, 0.15) is 5.01 Å². The number of carbonyl (C=O) groups excluding carboxylic acids is 1. The van der Waals surface area contributed by atoms with E-state index in [1.54, 1.807) is 23.3 Å². The Bertz CT molecular complexity index is 814. The van der Waals surface area contributed by atoms with E-state index in [-0.39, 0.29) is 28.7 Å². The molecule has 24 heavy (non-hydrogen) atoms. The number of thiazole rings is 1. The molecule has 1 aliphatic rings. The van der Waals surface area contributed by atoms with Crippen LogP contribution < -0.4 is 0 Å². The normalized spacial score (nSPS) is 21.0. The number of hydrogen-bond donors (Lipinski definition) is 0. The van der Waals surface area contributed by atoms with Gasteiger partial charge in [-0.25, -0.2) is 13.4 Å². The highest BCUT2D eigenvalue weighted by atomic mass is 32.2. The Kier molecular flexibility index (Phi) is 5.17. The van der Waals surface area contributed by atoms with Gasteiger partial charge in [-0.3, -0.25) is 4.79 Å². The second kappa shape index (κ2) is 7.01. The van der Waals surface area contributed by atoms with Crippen LogP contribution in [0.15, 0.2) is 24.3 Å². The number of carbonyl (C=O) groups is 1. The third kappa shape index (κ3) is 3.92. The lowest BCUT2D eigenvalue weighted by Crippen LogP contribution is -2.31. The molecule has 1 aliphatic heterocycles. The smallest absolute Gasteiger partial charge is 0.232 e. The summed E-state index contributed by atoms with van der Waals surface area (Å²) in [5.41, 5.74) is 0.954. The van der Waals surface area contributed by atoms with Crippen LogP contribution in [-0.4, -0.2) is 53.8 Å². The van der Waals surface area contributed by atoms with Gasteiger partial charge in [-0.2, -0.15) is 0 Å². The number of hydrogen-bond acceptors (Lipinski definition) is 6. The Labute approximate surface area is 150 Å². The summed E-state index contributed by atoms with van der Waals surface area (Å²) in [6.07, 6.45) is 0.650. The van der Waals surface area contributed by atoms with Crippen LogP contribution in [0.1, 0.15) is 24.4 Å². The van der Waals surface area contributed by atoms with Crippen molar-refractivity contribution in [2.75, 3.05) is 24.3 Å². The van der Waals surface area contributed by atoms with Gasteiger partial charge < -0.3 is 4.90 Å². The molecule has 0 saturated carbocycles. The molecular formula is C16H20N2O3S3. The van der Waals surface area contributed by atoms with E-state index in [9.17, 15) is 13.2 Å². The van der Waals surface area contributed by atoms with E-state index in [0.717, 1.165) is 15.2 Å². The van der Waals surface area contributed by atoms with Gasteiger partial charge in [0.15, 0.2) is 9.84 Å². The fourth-order valence-electron chi connectivity index (χ4n) is 2.63. The molecule has 130 valence electrons. The molecule has 1 fully saturated rings. The van der Waals surface area contributed by atoms with Gasteiger partial charge in [0.05, 0.1) is 33.5 Å². The number of sulfone groups is 1. The van der Waals surface area contributed by atoms with Crippen molar-refractivity contribution in [1.29, 1.82) is 0 Å². The predicted octanol–water partition coefficient (Wildman–Crippen LogP) is 2.74. The van der Waals surface area contributed by atoms with Crippen LogP contribution in [-0.2, 0) is 14.6 Å². The zero-order valence-corrected chi connectivity index (χ0v) is 16.1. The first-order chi connectivity index (χ1) is 11.4. The van der Waals surface area contributed by atoms with Crippen LogP contribution >= 0.6 is 23.1 Å². The highest BCUT2D eigenvalue weighted by Crippen LogP contribution is 2.30. The summed E-state index contributed by atoms with van der Waals surface area (Å²) in [7, 11) is -1.11. The SMILES string of the molecule is C[C@@H](c1nc2ccccc2s1)N(C)C(=O)CS[C@@H]1CCS(=O)(=O)C1. The number of nitrogens with zero attached hydrogens (tertiary/aromatic N) is 2. The Morgan fingerprint density at radius 2 is 2.21 bits per heavy atom. The highest BCUT2D eigenvalue weighted by Gasteiger charge is 2.29. The van der Waals surface area contributed by atoms with Crippen molar-refractivity contribution in [3.8, 4) is 0 Å². The van der Waals surface area contributed by atoms with Gasteiger partial charge in [0, 0.05) is 12.3 Å². The first kappa shape index (κ1) is 17.7. The summed E-state index contributed by atoms with van der Waals surface area (Å²) in [5, 5.41) is 0.964. The standard InChI is InChI=1S/C16H20N2O3S3/c1-11(16-17-13-5-3-4-6-14(13)23-16)18(2)15(19)9-22-12-7-8-24(20,21)10-12/h3-6,11-12H,7-10H2,1-2H3/t11-,12+/m0/s1. The molecule has 1 aromatic carbocycles. The van der Waals surface area contributed by atoms with E-state index >= 15 is 0 Å². The molecule has 0 bridgehead atoms. The molecule has 2 aromatic rings. The summed E-state index contributed by atoms with van der Waals surface area (Å²) in [5.74, 6) is 0.765. The third-order valence-corrected chi connectivity index (χ3v) is 8.75. The van der Waals surface area contributed by atoms with Gasteiger partial charge in [0.25, 0.3) is 0 Å². The minimum absolute atomic E-state index is 0.0102. The fourth-order valence-corrected chi connectivity index (χ4v) is 7.26. The van der Waals surface area contributed by atoms with E-state index in [0.29, 0.717) is 12.2 Å². The van der Waals surface area contributed by atoms with Crippen molar-refractivity contribution in [3.63, 3.8) is 0 Å². The minimum atomic E-state index is -2.89. The van der Waals surface area contributed by atoms with Crippen LogP contribution in [0.5, 0.6) is 0 Å². The van der Waals surface area contributed by atoms with Gasteiger partial charge >= 0.3 is 0 Å². The number of thioether (sulfide) groups is 1. The van der Waals surface area contributed by atoms with Crippen LogP contribution in [0, 0.1) is 0 Å². The lowest BCUT2D eigenvalue weighted by Gasteiger charge is -2.23. The second-order valence-corrected chi connectivity index (χ2v) is 10.6.